The Kier molecular flexibility index (Phi) is 3.20. The van der Waals surface area contributed by atoms with Crippen molar-refractivity contribution in [1.82, 2.24) is 0 Å². The van der Waals surface area contributed by atoms with Crippen molar-refractivity contribution in [2.75, 3.05) is 5.73 Å². The first-order valence-electron chi connectivity index (χ1n) is 3.71. The van der Waals surface area contributed by atoms with Gasteiger partial charge in [0.2, 0.25) is 0 Å². The summed E-state index contributed by atoms with van der Waals surface area (Å²) in [5, 5.41) is 6.78. The normalized spacial score (nSPS) is 8.57. The number of hydrogen-bond donors (Lipinski definition) is 1. The number of nitrogen functional groups attached to an aromatic ring is 1. The minimum Gasteiger partial charge on any atom is -0.399 e. The van der Waals surface area contributed by atoms with Crippen LogP contribution in [0.25, 0.3) is 20.9 Å². The SMILES string of the molecule is [N-]=[N+]=NCc1cc(N)cc(N=[N+]=[N-])c1. The average molecular weight is 189 g/mol. The lowest BCUT2D eigenvalue weighted by Gasteiger charge is -2.00. The molecule has 0 unspecified atom stereocenters. The monoisotopic (exact) mass is 189 g/mol. The van der Waals surface area contributed by atoms with E-state index in [2.05, 4.69) is 20.1 Å². The molecule has 70 valence electrons. The maximum Gasteiger partial charge on any atom is 0.0511 e. The Balaban J connectivity index is 3.05. The van der Waals surface area contributed by atoms with Gasteiger partial charge in [0.25, 0.3) is 0 Å². The van der Waals surface area contributed by atoms with Crippen LogP contribution in [0.2, 0.25) is 0 Å². The molecule has 7 heteroatoms. The number of benzene rings is 1. The van der Waals surface area contributed by atoms with E-state index in [1.807, 2.05) is 0 Å². The second-order valence-electron chi connectivity index (χ2n) is 2.51. The van der Waals surface area contributed by atoms with Gasteiger partial charge in [-0.05, 0) is 34.8 Å². The average Bonchev–Trinajstić information content (AvgIpc) is 2.14. The van der Waals surface area contributed by atoms with Crippen molar-refractivity contribution < 1.29 is 0 Å². The summed E-state index contributed by atoms with van der Waals surface area (Å²) in [5.41, 5.74) is 23.5. The maximum atomic E-state index is 8.21. The lowest BCUT2D eigenvalue weighted by Crippen LogP contribution is -1.87. The summed E-state index contributed by atoms with van der Waals surface area (Å²) in [6.45, 7) is 0.190. The molecule has 0 atom stereocenters. The highest BCUT2D eigenvalue weighted by molar-refractivity contribution is 5.53. The van der Waals surface area contributed by atoms with Gasteiger partial charge in [-0.1, -0.05) is 10.2 Å². The largest absolute Gasteiger partial charge is 0.399 e. The Hall–Kier alpha value is -2.36. The molecule has 0 saturated carbocycles. The van der Waals surface area contributed by atoms with Crippen molar-refractivity contribution in [1.29, 1.82) is 0 Å². The van der Waals surface area contributed by atoms with Gasteiger partial charge in [0.05, 0.1) is 6.54 Å². The lowest BCUT2D eigenvalue weighted by molar-refractivity contribution is 1.05. The highest BCUT2D eigenvalue weighted by Crippen LogP contribution is 2.20. The Morgan fingerprint density at radius 1 is 1.21 bits per heavy atom. The number of hydrogen-bond acceptors (Lipinski definition) is 3. The molecule has 2 N–H and O–H groups in total. The van der Waals surface area contributed by atoms with Crippen LogP contribution < -0.4 is 5.73 Å². The Morgan fingerprint density at radius 3 is 2.64 bits per heavy atom. The summed E-state index contributed by atoms with van der Waals surface area (Å²) < 4.78 is 0. The van der Waals surface area contributed by atoms with Gasteiger partial charge in [0.15, 0.2) is 0 Å². The number of nitrogens with two attached hydrogens (primary N) is 1. The molecule has 0 spiro atoms. The summed E-state index contributed by atoms with van der Waals surface area (Å²) in [5.74, 6) is 0. The minimum absolute atomic E-state index is 0.190. The second kappa shape index (κ2) is 4.61. The third-order valence-electron chi connectivity index (χ3n) is 1.48. The molecular formula is C7H7N7. The van der Waals surface area contributed by atoms with Crippen molar-refractivity contribution in [2.45, 2.75) is 6.54 Å². The van der Waals surface area contributed by atoms with Gasteiger partial charge < -0.3 is 5.73 Å². The molecule has 0 fully saturated rings. The predicted octanol–water partition coefficient (Wildman–Crippen LogP) is 3.02. The lowest BCUT2D eigenvalue weighted by atomic mass is 10.2. The number of anilines is 1. The van der Waals surface area contributed by atoms with Gasteiger partial charge in [-0.3, -0.25) is 0 Å². The molecule has 7 nitrogen and oxygen atoms in total. The number of rotatable bonds is 3. The third-order valence-corrected chi connectivity index (χ3v) is 1.48. The van der Waals surface area contributed by atoms with Crippen LogP contribution in [0.15, 0.2) is 28.4 Å². The van der Waals surface area contributed by atoms with Gasteiger partial charge in [-0.25, -0.2) is 0 Å². The summed E-state index contributed by atoms with van der Waals surface area (Å²) >= 11 is 0. The fraction of sp³-hybridized carbons (Fsp3) is 0.143. The zero-order chi connectivity index (χ0) is 10.4. The first-order chi connectivity index (χ1) is 6.76. The van der Waals surface area contributed by atoms with E-state index >= 15 is 0 Å². The number of azide groups is 2. The quantitative estimate of drug-likeness (QED) is 0.333. The van der Waals surface area contributed by atoms with E-state index in [-0.39, 0.29) is 6.54 Å². The fourth-order valence-electron chi connectivity index (χ4n) is 1.01. The molecule has 0 amide bonds. The Labute approximate surface area is 79.4 Å². The predicted molar refractivity (Wildman–Crippen MR) is 52.5 cm³/mol. The van der Waals surface area contributed by atoms with Crippen molar-refractivity contribution in [2.24, 2.45) is 10.2 Å². The zero-order valence-corrected chi connectivity index (χ0v) is 7.20. The molecule has 0 heterocycles. The van der Waals surface area contributed by atoms with Crippen molar-refractivity contribution in [3.8, 4) is 0 Å². The van der Waals surface area contributed by atoms with Crippen LogP contribution in [0.5, 0.6) is 0 Å². The van der Waals surface area contributed by atoms with E-state index in [1.54, 1.807) is 18.2 Å². The van der Waals surface area contributed by atoms with Crippen molar-refractivity contribution in [3.05, 3.63) is 44.6 Å². The van der Waals surface area contributed by atoms with Crippen LogP contribution in [0.1, 0.15) is 5.56 Å². The summed E-state index contributed by atoms with van der Waals surface area (Å²) in [6.07, 6.45) is 0. The first kappa shape index (κ1) is 9.73. The van der Waals surface area contributed by atoms with Crippen LogP contribution in [0.4, 0.5) is 11.4 Å². The topological polar surface area (TPSA) is 124 Å². The zero-order valence-electron chi connectivity index (χ0n) is 7.20. The molecule has 0 saturated heterocycles. The van der Waals surface area contributed by atoms with Gasteiger partial charge in [0.1, 0.15) is 0 Å². The molecule has 14 heavy (non-hydrogen) atoms. The molecule has 0 radical (unpaired) electrons. The molecule has 1 aromatic rings. The highest BCUT2D eigenvalue weighted by Gasteiger charge is 1.96. The maximum absolute atomic E-state index is 8.21. The van der Waals surface area contributed by atoms with Crippen LogP contribution in [-0.4, -0.2) is 0 Å². The molecule has 0 aliphatic rings. The van der Waals surface area contributed by atoms with Gasteiger partial charge >= 0.3 is 0 Å². The van der Waals surface area contributed by atoms with Crippen LogP contribution in [0.3, 0.4) is 0 Å². The van der Waals surface area contributed by atoms with Crippen molar-refractivity contribution >= 4 is 11.4 Å². The molecule has 1 aromatic carbocycles. The van der Waals surface area contributed by atoms with Gasteiger partial charge in [-0.15, -0.1) is 0 Å². The van der Waals surface area contributed by atoms with E-state index in [0.29, 0.717) is 16.9 Å². The van der Waals surface area contributed by atoms with E-state index in [0.717, 1.165) is 0 Å². The molecular weight excluding hydrogens is 182 g/mol. The Morgan fingerprint density at radius 2 is 2.00 bits per heavy atom. The van der Waals surface area contributed by atoms with E-state index in [1.165, 1.54) is 0 Å². The smallest absolute Gasteiger partial charge is 0.0511 e. The standard InChI is InChI=1S/C7H7N7/c8-6-1-5(4-11-13-9)2-7(3-6)12-14-10/h1-3H,4,8H2. The molecule has 0 aliphatic carbocycles. The second-order valence-corrected chi connectivity index (χ2v) is 2.51. The van der Waals surface area contributed by atoms with Crippen LogP contribution >= 0.6 is 0 Å². The fourth-order valence-corrected chi connectivity index (χ4v) is 1.01. The van der Waals surface area contributed by atoms with Crippen LogP contribution in [0, 0.1) is 0 Å². The summed E-state index contributed by atoms with van der Waals surface area (Å²) in [4.78, 5) is 5.25. The van der Waals surface area contributed by atoms with Crippen molar-refractivity contribution in [3.63, 3.8) is 0 Å². The molecule has 0 bridgehead atoms. The summed E-state index contributed by atoms with van der Waals surface area (Å²) in [6, 6.07) is 4.81. The first-order valence-corrected chi connectivity index (χ1v) is 3.71. The van der Waals surface area contributed by atoms with Crippen LogP contribution in [-0.2, 0) is 6.54 Å². The van der Waals surface area contributed by atoms with Gasteiger partial charge in [-0.2, -0.15) is 0 Å². The van der Waals surface area contributed by atoms with Gasteiger partial charge in [0, 0.05) is 21.2 Å². The molecule has 0 aromatic heterocycles. The third kappa shape index (κ3) is 2.60. The Bertz CT molecular complexity index is 426. The highest BCUT2D eigenvalue weighted by atomic mass is 15.1. The molecule has 0 aliphatic heterocycles. The number of nitrogens with zero attached hydrogens (tertiary/aromatic N) is 6. The van der Waals surface area contributed by atoms with E-state index < -0.39 is 0 Å². The molecule has 1 rings (SSSR count). The summed E-state index contributed by atoms with van der Waals surface area (Å²) in [7, 11) is 0. The minimum atomic E-state index is 0.190. The van der Waals surface area contributed by atoms with E-state index in [4.69, 9.17) is 16.8 Å². The van der Waals surface area contributed by atoms with E-state index in [9.17, 15) is 0 Å².